The highest BCUT2D eigenvalue weighted by Gasteiger charge is 2.24. The van der Waals surface area contributed by atoms with E-state index in [0.29, 0.717) is 0 Å². The molecule has 0 bridgehead atoms. The van der Waals surface area contributed by atoms with Crippen molar-refractivity contribution in [3.8, 4) is 39.3 Å². The first-order chi connectivity index (χ1) is 26.7. The minimum Gasteiger partial charge on any atom is -0.354 e. The lowest BCUT2D eigenvalue weighted by Crippen LogP contribution is -2.05. The molecule has 7 aromatic carbocycles. The Kier molecular flexibility index (Phi) is 6.14. The summed E-state index contributed by atoms with van der Waals surface area (Å²) in [5.41, 5.74) is 17.7. The standard InChI is InChI=1S/C50H32N4/c1-2-10-35(11-3-1)54-48-25-18-34(46-23-16-31-9-5-7-13-44(31)52-46)28-41(48)42-26-32-14-19-37-36(39(32)29-49(42)54)20-21-38-40-27-33(17-24-47(40)53-50(37)38)45-22-15-30-8-4-6-12-43(30)51-45/h1-13,15-18,20-29,53H,14,19H2. The summed E-state index contributed by atoms with van der Waals surface area (Å²) in [6.07, 6.45) is 1.98. The molecule has 54 heavy (non-hydrogen) atoms. The lowest BCUT2D eigenvalue weighted by molar-refractivity contribution is 0.950. The van der Waals surface area contributed by atoms with E-state index in [4.69, 9.17) is 9.97 Å². The van der Waals surface area contributed by atoms with Crippen LogP contribution in [0.3, 0.4) is 0 Å². The van der Waals surface area contributed by atoms with Crippen molar-refractivity contribution in [3.63, 3.8) is 0 Å². The summed E-state index contributed by atoms with van der Waals surface area (Å²) >= 11 is 0. The summed E-state index contributed by atoms with van der Waals surface area (Å²) in [7, 11) is 0. The summed E-state index contributed by atoms with van der Waals surface area (Å²) in [4.78, 5) is 13.9. The molecule has 0 spiro atoms. The number of para-hydroxylation sites is 3. The zero-order valence-electron chi connectivity index (χ0n) is 29.3. The Morgan fingerprint density at radius 2 is 1.13 bits per heavy atom. The van der Waals surface area contributed by atoms with Gasteiger partial charge < -0.3 is 9.55 Å². The number of aryl methyl sites for hydroxylation is 2. The van der Waals surface area contributed by atoms with Crippen LogP contribution in [0.1, 0.15) is 11.1 Å². The Morgan fingerprint density at radius 1 is 0.463 bits per heavy atom. The smallest absolute Gasteiger partial charge is 0.0709 e. The van der Waals surface area contributed by atoms with Crippen molar-refractivity contribution in [3.05, 3.63) is 175 Å². The molecule has 0 fully saturated rings. The molecular formula is C50H32N4. The Labute approximate surface area is 311 Å². The predicted molar refractivity (Wildman–Crippen MR) is 224 cm³/mol. The van der Waals surface area contributed by atoms with E-state index in [9.17, 15) is 0 Å². The number of nitrogens with one attached hydrogen (secondary N) is 1. The number of fused-ring (bicyclic) bond motifs is 12. The third-order valence-corrected chi connectivity index (χ3v) is 11.6. The van der Waals surface area contributed by atoms with Gasteiger partial charge in [-0.1, -0.05) is 91.0 Å². The van der Waals surface area contributed by atoms with Gasteiger partial charge in [0.25, 0.3) is 0 Å². The molecular weight excluding hydrogens is 657 g/mol. The zero-order chi connectivity index (χ0) is 35.3. The number of aromatic nitrogens is 4. The van der Waals surface area contributed by atoms with Crippen LogP contribution >= 0.6 is 0 Å². The molecule has 4 aromatic heterocycles. The molecule has 252 valence electrons. The first-order valence-corrected chi connectivity index (χ1v) is 18.7. The molecule has 0 saturated carbocycles. The van der Waals surface area contributed by atoms with E-state index in [2.05, 4.69) is 173 Å². The summed E-state index contributed by atoms with van der Waals surface area (Å²) in [5, 5.41) is 7.35. The highest BCUT2D eigenvalue weighted by atomic mass is 15.0. The highest BCUT2D eigenvalue weighted by molar-refractivity contribution is 6.14. The van der Waals surface area contributed by atoms with E-state index in [1.807, 2.05) is 0 Å². The summed E-state index contributed by atoms with van der Waals surface area (Å²) in [6.45, 7) is 0. The SMILES string of the molecule is c1ccc(-n2c3ccc(-c4ccc5ccccc5n4)cc3c3cc4c(cc32)-c2ccc3c([nH]c5ccc(-c6ccc7ccccc7n6)cc53)c2CC4)cc1. The van der Waals surface area contributed by atoms with Crippen molar-refractivity contribution in [2.75, 3.05) is 0 Å². The Morgan fingerprint density at radius 3 is 1.89 bits per heavy atom. The maximum atomic E-state index is 5.05. The fourth-order valence-corrected chi connectivity index (χ4v) is 8.99. The zero-order valence-corrected chi connectivity index (χ0v) is 29.3. The molecule has 0 radical (unpaired) electrons. The molecule has 1 aliphatic carbocycles. The third-order valence-electron chi connectivity index (χ3n) is 11.6. The van der Waals surface area contributed by atoms with Crippen LogP contribution in [0.15, 0.2) is 164 Å². The molecule has 12 rings (SSSR count). The van der Waals surface area contributed by atoms with E-state index in [1.54, 1.807) is 0 Å². The second-order valence-electron chi connectivity index (χ2n) is 14.6. The quantitative estimate of drug-likeness (QED) is 0.201. The Balaban J connectivity index is 1.03. The Hall–Kier alpha value is -7.04. The summed E-state index contributed by atoms with van der Waals surface area (Å²) in [6, 6.07) is 59.2. The third kappa shape index (κ3) is 4.37. The second kappa shape index (κ2) is 11.2. The average Bonchev–Trinajstić information content (AvgIpc) is 3.77. The van der Waals surface area contributed by atoms with Gasteiger partial charge in [-0.3, -0.25) is 0 Å². The lowest BCUT2D eigenvalue weighted by Gasteiger charge is -2.21. The van der Waals surface area contributed by atoms with Gasteiger partial charge in [-0.2, -0.15) is 0 Å². The molecule has 4 heterocycles. The molecule has 0 atom stereocenters. The van der Waals surface area contributed by atoms with Gasteiger partial charge in [0.15, 0.2) is 0 Å². The fraction of sp³-hybridized carbons (Fsp3) is 0.0400. The molecule has 4 heteroatoms. The number of hydrogen-bond acceptors (Lipinski definition) is 2. The topological polar surface area (TPSA) is 46.5 Å². The monoisotopic (exact) mass is 688 g/mol. The Bertz CT molecular complexity index is 3330. The van der Waals surface area contributed by atoms with Crippen LogP contribution in [-0.2, 0) is 12.8 Å². The molecule has 0 amide bonds. The largest absolute Gasteiger partial charge is 0.354 e. The molecule has 1 N–H and O–H groups in total. The molecule has 11 aromatic rings. The lowest BCUT2D eigenvalue weighted by atomic mass is 9.83. The van der Waals surface area contributed by atoms with Gasteiger partial charge >= 0.3 is 0 Å². The van der Waals surface area contributed by atoms with Gasteiger partial charge in [0.05, 0.1) is 39.0 Å². The second-order valence-corrected chi connectivity index (χ2v) is 14.6. The van der Waals surface area contributed by atoms with E-state index in [-0.39, 0.29) is 0 Å². The minimum atomic E-state index is 0.987. The number of nitrogens with zero attached hydrogens (tertiary/aromatic N) is 3. The maximum Gasteiger partial charge on any atom is 0.0709 e. The van der Waals surface area contributed by atoms with Crippen molar-refractivity contribution in [1.82, 2.24) is 19.5 Å². The first kappa shape index (κ1) is 29.5. The van der Waals surface area contributed by atoms with Crippen LogP contribution in [-0.4, -0.2) is 19.5 Å². The van der Waals surface area contributed by atoms with Crippen LogP contribution in [0, 0.1) is 0 Å². The van der Waals surface area contributed by atoms with Crippen LogP contribution < -0.4 is 0 Å². The van der Waals surface area contributed by atoms with Crippen molar-refractivity contribution < 1.29 is 0 Å². The molecule has 0 aliphatic heterocycles. The van der Waals surface area contributed by atoms with Gasteiger partial charge in [-0.05, 0) is 108 Å². The molecule has 4 nitrogen and oxygen atoms in total. The molecule has 1 aliphatic rings. The fourth-order valence-electron chi connectivity index (χ4n) is 8.99. The van der Waals surface area contributed by atoms with Crippen molar-refractivity contribution in [2.24, 2.45) is 0 Å². The summed E-state index contributed by atoms with van der Waals surface area (Å²) < 4.78 is 2.43. The minimum absolute atomic E-state index is 0.987. The van der Waals surface area contributed by atoms with E-state index < -0.39 is 0 Å². The number of pyridine rings is 2. The summed E-state index contributed by atoms with van der Waals surface area (Å²) in [5.74, 6) is 0. The van der Waals surface area contributed by atoms with E-state index in [0.717, 1.165) is 68.4 Å². The van der Waals surface area contributed by atoms with Gasteiger partial charge in [0, 0.05) is 54.6 Å². The average molecular weight is 689 g/mol. The molecule has 0 saturated heterocycles. The van der Waals surface area contributed by atoms with Gasteiger partial charge in [0.2, 0.25) is 0 Å². The maximum absolute atomic E-state index is 5.05. The van der Waals surface area contributed by atoms with Gasteiger partial charge in [-0.25, -0.2) is 9.97 Å². The predicted octanol–water partition coefficient (Wildman–Crippen LogP) is 12.6. The van der Waals surface area contributed by atoms with Crippen molar-refractivity contribution >= 4 is 65.4 Å². The number of hydrogen-bond donors (Lipinski definition) is 1. The number of aromatic amines is 1. The van der Waals surface area contributed by atoms with Gasteiger partial charge in [-0.15, -0.1) is 0 Å². The number of benzene rings is 7. The van der Waals surface area contributed by atoms with Gasteiger partial charge in [0.1, 0.15) is 0 Å². The van der Waals surface area contributed by atoms with Crippen LogP contribution in [0.25, 0.3) is 105 Å². The van der Waals surface area contributed by atoms with Crippen LogP contribution in [0.5, 0.6) is 0 Å². The number of rotatable bonds is 3. The van der Waals surface area contributed by atoms with E-state index in [1.165, 1.54) is 60.3 Å². The van der Waals surface area contributed by atoms with Crippen molar-refractivity contribution in [2.45, 2.75) is 12.8 Å². The number of H-pyrrole nitrogens is 1. The molecule has 0 unspecified atom stereocenters. The normalized spacial score (nSPS) is 12.7. The van der Waals surface area contributed by atoms with Crippen molar-refractivity contribution in [1.29, 1.82) is 0 Å². The van der Waals surface area contributed by atoms with E-state index >= 15 is 0 Å². The highest BCUT2D eigenvalue weighted by Crippen LogP contribution is 2.44. The first-order valence-electron chi connectivity index (χ1n) is 18.7. The van der Waals surface area contributed by atoms with Crippen LogP contribution in [0.2, 0.25) is 0 Å². The van der Waals surface area contributed by atoms with Crippen LogP contribution in [0.4, 0.5) is 0 Å².